The zero-order valence-corrected chi connectivity index (χ0v) is 39.9. The number of benzene rings is 7. The number of aromatic nitrogens is 3. The van der Waals surface area contributed by atoms with Gasteiger partial charge in [-0.05, 0) is 139 Å². The van der Waals surface area contributed by atoms with E-state index in [1.807, 2.05) is 0 Å². The van der Waals surface area contributed by atoms with Gasteiger partial charge in [-0.2, -0.15) is 0 Å². The van der Waals surface area contributed by atoms with Crippen molar-refractivity contribution in [2.75, 3.05) is 0 Å². The average Bonchev–Trinajstić information content (AvgIpc) is 3.85. The van der Waals surface area contributed by atoms with Crippen LogP contribution >= 0.6 is 31.9 Å². The van der Waals surface area contributed by atoms with Crippen LogP contribution in [-0.4, -0.2) is 14.1 Å². The summed E-state index contributed by atoms with van der Waals surface area (Å²) in [6.45, 7) is 6.87. The first kappa shape index (κ1) is 42.6. The number of hydrogen-bond donors (Lipinski definition) is 0. The topological polar surface area (TPSA) is 22.8 Å². The molecule has 0 bridgehead atoms. The van der Waals surface area contributed by atoms with Crippen LogP contribution in [-0.2, 0) is 19.3 Å². The Balaban J connectivity index is 1.23. The van der Waals surface area contributed by atoms with Crippen molar-refractivity contribution >= 4 is 86.2 Å². The first-order valence-electron chi connectivity index (χ1n) is 23.4. The predicted molar refractivity (Wildman–Crippen MR) is 275 cm³/mol. The summed E-state index contributed by atoms with van der Waals surface area (Å²) in [6, 6.07) is 46.2. The minimum atomic E-state index is 0.971. The van der Waals surface area contributed by atoms with Crippen LogP contribution in [0.4, 0.5) is 0 Å². The summed E-state index contributed by atoms with van der Waals surface area (Å²) in [5, 5.41) is 7.63. The Bertz CT molecular complexity index is 2930. The van der Waals surface area contributed by atoms with Crippen LogP contribution < -0.4 is 0 Å². The highest BCUT2D eigenvalue weighted by molar-refractivity contribution is 9.10. The van der Waals surface area contributed by atoms with E-state index in [0.29, 0.717) is 0 Å². The van der Waals surface area contributed by atoms with E-state index in [0.717, 1.165) is 56.5 Å². The van der Waals surface area contributed by atoms with E-state index in [-0.39, 0.29) is 0 Å². The Kier molecular flexibility index (Phi) is 13.3. The van der Waals surface area contributed by atoms with E-state index in [1.54, 1.807) is 0 Å². The largest absolute Gasteiger partial charge is 0.309 e. The number of aryl methyl sites for hydroxylation is 3. The summed E-state index contributed by atoms with van der Waals surface area (Å²) in [7, 11) is 0. The molecular formula is C57H59Br2N3. The molecule has 7 aromatic carbocycles. The molecule has 0 aliphatic rings. The number of nitrogens with zero attached hydrogens (tertiary/aromatic N) is 3. The van der Waals surface area contributed by atoms with Crippen molar-refractivity contribution in [3.8, 4) is 22.8 Å². The van der Waals surface area contributed by atoms with Crippen LogP contribution in [0.15, 0.2) is 130 Å². The van der Waals surface area contributed by atoms with Gasteiger partial charge in [0.1, 0.15) is 5.82 Å². The van der Waals surface area contributed by atoms with Crippen LogP contribution in [0.3, 0.4) is 0 Å². The van der Waals surface area contributed by atoms with E-state index in [2.05, 4.69) is 183 Å². The molecule has 9 rings (SSSR count). The summed E-state index contributed by atoms with van der Waals surface area (Å²) < 4.78 is 7.00. The number of halogens is 2. The molecule has 3 nitrogen and oxygen atoms in total. The molecule has 0 N–H and O–H groups in total. The molecule has 0 atom stereocenters. The minimum Gasteiger partial charge on any atom is -0.309 e. The van der Waals surface area contributed by atoms with Crippen LogP contribution in [0, 0.1) is 0 Å². The van der Waals surface area contributed by atoms with Crippen LogP contribution in [0.25, 0.3) is 77.1 Å². The number of imidazole rings is 1. The van der Waals surface area contributed by atoms with Gasteiger partial charge in [0.2, 0.25) is 0 Å². The third-order valence-corrected chi connectivity index (χ3v) is 14.1. The molecule has 0 fully saturated rings. The smallest absolute Gasteiger partial charge is 0.145 e. The summed E-state index contributed by atoms with van der Waals surface area (Å²) in [4.78, 5) is 5.70. The van der Waals surface area contributed by atoms with Gasteiger partial charge in [-0.3, -0.25) is 4.57 Å². The molecule has 0 radical (unpaired) electrons. The van der Waals surface area contributed by atoms with Gasteiger partial charge in [0.05, 0.1) is 22.1 Å². The van der Waals surface area contributed by atoms with Crippen molar-refractivity contribution in [1.82, 2.24) is 14.1 Å². The summed E-state index contributed by atoms with van der Waals surface area (Å²) in [5.74, 6) is 0.971. The number of hydrogen-bond acceptors (Lipinski definition) is 1. The second-order valence-corrected chi connectivity index (χ2v) is 19.4. The van der Waals surface area contributed by atoms with Gasteiger partial charge in [0, 0.05) is 47.4 Å². The van der Waals surface area contributed by atoms with E-state index >= 15 is 0 Å². The lowest BCUT2D eigenvalue weighted by atomic mass is 9.94. The Hall–Kier alpha value is -4.71. The fourth-order valence-electron chi connectivity index (χ4n) is 9.74. The van der Waals surface area contributed by atoms with Gasteiger partial charge in [-0.1, -0.05) is 159 Å². The molecule has 9 aromatic rings. The average molecular weight is 946 g/mol. The van der Waals surface area contributed by atoms with Crippen LogP contribution in [0.1, 0.15) is 115 Å². The van der Waals surface area contributed by atoms with Gasteiger partial charge in [-0.25, -0.2) is 4.98 Å². The van der Waals surface area contributed by atoms with E-state index in [1.165, 1.54) is 143 Å². The number of rotatable bonds is 18. The normalized spacial score (nSPS) is 12.0. The quantitative estimate of drug-likeness (QED) is 0.0621. The molecule has 0 aliphatic heterocycles. The molecule has 5 heteroatoms. The molecule has 2 aromatic heterocycles. The third-order valence-electron chi connectivity index (χ3n) is 13.1. The fraction of sp³-hybridized carbons (Fsp3) is 0.316. The Morgan fingerprint density at radius 2 is 0.871 bits per heavy atom. The molecule has 0 saturated carbocycles. The summed E-state index contributed by atoms with van der Waals surface area (Å²) in [5.41, 5.74) is 12.3. The molecule has 316 valence electrons. The van der Waals surface area contributed by atoms with E-state index in [4.69, 9.17) is 4.98 Å². The van der Waals surface area contributed by atoms with Crippen LogP contribution in [0.2, 0.25) is 0 Å². The number of unbranched alkanes of at least 4 members (excludes halogenated alkanes) is 9. The van der Waals surface area contributed by atoms with E-state index in [9.17, 15) is 0 Å². The second kappa shape index (κ2) is 19.4. The van der Waals surface area contributed by atoms with Crippen molar-refractivity contribution in [2.45, 2.75) is 117 Å². The fourth-order valence-corrected chi connectivity index (χ4v) is 10.5. The lowest BCUT2D eigenvalue weighted by Crippen LogP contribution is -2.00. The maximum Gasteiger partial charge on any atom is 0.145 e. The molecule has 0 spiro atoms. The van der Waals surface area contributed by atoms with Gasteiger partial charge in [0.15, 0.2) is 0 Å². The molecule has 0 amide bonds. The van der Waals surface area contributed by atoms with Crippen molar-refractivity contribution in [1.29, 1.82) is 0 Å². The van der Waals surface area contributed by atoms with Gasteiger partial charge >= 0.3 is 0 Å². The standard InChI is InChI=1S/C57H59Br2N3/c1-4-7-10-13-16-39-19-27-46(28-20-39)62-56-48-32-22-41(18-15-12-9-6-3)36-50(48)49-35-40(17-14-11-8-5-2)21-31-47(49)55(56)60-57(62)42-23-29-45(30-24-42)61-53-33-25-43(58)37-51(53)52-38-44(59)26-34-54(52)61/h19-38H,4-18H2,1-3H3. The second-order valence-electron chi connectivity index (χ2n) is 17.5. The first-order chi connectivity index (χ1) is 30.4. The Morgan fingerprint density at radius 3 is 1.42 bits per heavy atom. The third kappa shape index (κ3) is 8.65. The van der Waals surface area contributed by atoms with Gasteiger partial charge in [-0.15, -0.1) is 0 Å². The Morgan fingerprint density at radius 1 is 0.403 bits per heavy atom. The molecule has 0 unspecified atom stereocenters. The summed E-state index contributed by atoms with van der Waals surface area (Å²) >= 11 is 7.47. The first-order valence-corrected chi connectivity index (χ1v) is 25.0. The highest BCUT2D eigenvalue weighted by Gasteiger charge is 2.22. The highest BCUT2D eigenvalue weighted by atomic mass is 79.9. The lowest BCUT2D eigenvalue weighted by molar-refractivity contribution is 0.667. The summed E-state index contributed by atoms with van der Waals surface area (Å²) in [6.07, 6.45) is 18.6. The molecular weight excluding hydrogens is 886 g/mol. The SMILES string of the molecule is CCCCCCc1ccc(-n2c(-c3ccc(-n4c5ccc(Br)cc5c5cc(Br)ccc54)cc3)nc3c4ccc(CCCCCC)cc4c4cc(CCCCCC)ccc4c32)cc1. The molecule has 2 heterocycles. The molecule has 62 heavy (non-hydrogen) atoms. The highest BCUT2D eigenvalue weighted by Crippen LogP contribution is 2.41. The zero-order valence-electron chi connectivity index (χ0n) is 36.8. The minimum absolute atomic E-state index is 0.971. The number of fused-ring (bicyclic) bond motifs is 9. The molecule has 0 aliphatic carbocycles. The van der Waals surface area contributed by atoms with Gasteiger partial charge < -0.3 is 4.57 Å². The zero-order chi connectivity index (χ0) is 42.6. The van der Waals surface area contributed by atoms with Gasteiger partial charge in [0.25, 0.3) is 0 Å². The van der Waals surface area contributed by atoms with Crippen molar-refractivity contribution in [3.63, 3.8) is 0 Å². The van der Waals surface area contributed by atoms with Crippen molar-refractivity contribution in [3.05, 3.63) is 147 Å². The Labute approximate surface area is 384 Å². The lowest BCUT2D eigenvalue weighted by Gasteiger charge is -2.15. The predicted octanol–water partition coefficient (Wildman–Crippen LogP) is 18.0. The van der Waals surface area contributed by atoms with Crippen molar-refractivity contribution < 1.29 is 0 Å². The monoisotopic (exact) mass is 943 g/mol. The maximum absolute atomic E-state index is 5.70. The van der Waals surface area contributed by atoms with Crippen LogP contribution in [0.5, 0.6) is 0 Å². The van der Waals surface area contributed by atoms with Crippen molar-refractivity contribution in [2.24, 2.45) is 0 Å². The maximum atomic E-state index is 5.70. The molecule has 0 saturated heterocycles. The van der Waals surface area contributed by atoms with E-state index < -0.39 is 0 Å².